The van der Waals surface area contributed by atoms with E-state index in [9.17, 15) is 14.0 Å². The van der Waals surface area contributed by atoms with Crippen LogP contribution in [0.2, 0.25) is 0 Å². The highest BCUT2D eigenvalue weighted by Crippen LogP contribution is 2.32. The molecule has 0 radical (unpaired) electrons. The number of benzene rings is 2. The SMILES string of the molecule is Cc1ccccc1NCN1C(=O)S/C(=C\c2ccc(F)cc2)C1=O. The van der Waals surface area contributed by atoms with Crippen molar-refractivity contribution in [3.63, 3.8) is 0 Å². The number of thioether (sulfide) groups is 1. The average Bonchev–Trinajstić information content (AvgIpc) is 2.83. The predicted molar refractivity (Wildman–Crippen MR) is 93.9 cm³/mol. The number of para-hydroxylation sites is 1. The molecule has 1 heterocycles. The van der Waals surface area contributed by atoms with Crippen molar-refractivity contribution >= 4 is 34.7 Å². The van der Waals surface area contributed by atoms with Crippen LogP contribution in [0.4, 0.5) is 14.9 Å². The van der Waals surface area contributed by atoms with E-state index >= 15 is 0 Å². The molecule has 2 aromatic rings. The zero-order valence-electron chi connectivity index (χ0n) is 13.0. The maximum atomic E-state index is 12.9. The van der Waals surface area contributed by atoms with Gasteiger partial charge in [-0.05, 0) is 54.1 Å². The minimum absolute atomic E-state index is 0.107. The molecule has 1 aliphatic heterocycles. The number of nitrogens with one attached hydrogen (secondary N) is 1. The van der Waals surface area contributed by atoms with E-state index in [1.165, 1.54) is 12.1 Å². The summed E-state index contributed by atoms with van der Waals surface area (Å²) in [5.41, 5.74) is 2.58. The first-order valence-electron chi connectivity index (χ1n) is 7.35. The maximum Gasteiger partial charge on any atom is 0.295 e. The first kappa shape index (κ1) is 16.3. The number of nitrogens with zero attached hydrogens (tertiary/aromatic N) is 1. The van der Waals surface area contributed by atoms with Gasteiger partial charge in [0.15, 0.2) is 0 Å². The Bertz CT molecular complexity index is 818. The van der Waals surface area contributed by atoms with Gasteiger partial charge in [-0.2, -0.15) is 0 Å². The lowest BCUT2D eigenvalue weighted by atomic mass is 10.2. The van der Waals surface area contributed by atoms with Crippen molar-refractivity contribution in [3.05, 3.63) is 70.4 Å². The van der Waals surface area contributed by atoms with Gasteiger partial charge in [0.05, 0.1) is 11.6 Å². The number of halogens is 1. The van der Waals surface area contributed by atoms with Gasteiger partial charge in [-0.1, -0.05) is 30.3 Å². The lowest BCUT2D eigenvalue weighted by Gasteiger charge is -2.15. The molecule has 2 aromatic carbocycles. The van der Waals surface area contributed by atoms with Crippen molar-refractivity contribution in [2.24, 2.45) is 0 Å². The molecule has 0 aliphatic carbocycles. The topological polar surface area (TPSA) is 49.4 Å². The molecule has 1 aliphatic rings. The van der Waals surface area contributed by atoms with Crippen LogP contribution < -0.4 is 5.32 Å². The molecular formula is C18H15FN2O2S. The van der Waals surface area contributed by atoms with Crippen LogP contribution in [-0.4, -0.2) is 22.7 Å². The number of aryl methyl sites for hydroxylation is 1. The van der Waals surface area contributed by atoms with Gasteiger partial charge in [-0.25, -0.2) is 4.39 Å². The molecule has 1 N–H and O–H groups in total. The van der Waals surface area contributed by atoms with Crippen LogP contribution in [0, 0.1) is 12.7 Å². The van der Waals surface area contributed by atoms with Crippen molar-refractivity contribution in [2.75, 3.05) is 12.0 Å². The van der Waals surface area contributed by atoms with Gasteiger partial charge in [-0.3, -0.25) is 14.5 Å². The molecule has 3 rings (SSSR count). The lowest BCUT2D eigenvalue weighted by Crippen LogP contribution is -2.33. The third-order valence-corrected chi connectivity index (χ3v) is 4.52. The zero-order chi connectivity index (χ0) is 17.1. The Balaban J connectivity index is 1.72. The third kappa shape index (κ3) is 3.49. The summed E-state index contributed by atoms with van der Waals surface area (Å²) in [6.07, 6.45) is 1.60. The van der Waals surface area contributed by atoms with Gasteiger partial charge >= 0.3 is 0 Å². The molecule has 6 heteroatoms. The fourth-order valence-electron chi connectivity index (χ4n) is 2.28. The quantitative estimate of drug-likeness (QED) is 0.845. The van der Waals surface area contributed by atoms with Gasteiger partial charge in [0.25, 0.3) is 11.1 Å². The van der Waals surface area contributed by atoms with Crippen LogP contribution in [0.1, 0.15) is 11.1 Å². The Morgan fingerprint density at radius 2 is 1.83 bits per heavy atom. The monoisotopic (exact) mass is 342 g/mol. The van der Waals surface area contributed by atoms with E-state index in [1.807, 2.05) is 31.2 Å². The second-order valence-electron chi connectivity index (χ2n) is 5.31. The van der Waals surface area contributed by atoms with Crippen LogP contribution in [0.25, 0.3) is 6.08 Å². The van der Waals surface area contributed by atoms with Gasteiger partial charge < -0.3 is 5.32 Å². The number of carbonyl (C=O) groups excluding carboxylic acids is 2. The second-order valence-corrected chi connectivity index (χ2v) is 6.30. The third-order valence-electron chi connectivity index (χ3n) is 3.61. The van der Waals surface area contributed by atoms with Crippen LogP contribution in [0.3, 0.4) is 0 Å². The highest BCUT2D eigenvalue weighted by Gasteiger charge is 2.34. The first-order chi connectivity index (χ1) is 11.5. The number of anilines is 1. The van der Waals surface area contributed by atoms with E-state index in [-0.39, 0.29) is 23.6 Å². The number of amides is 2. The molecule has 0 atom stereocenters. The molecule has 0 aromatic heterocycles. The van der Waals surface area contributed by atoms with Gasteiger partial charge in [0.1, 0.15) is 5.82 Å². The van der Waals surface area contributed by atoms with Crippen LogP contribution >= 0.6 is 11.8 Å². The minimum Gasteiger partial charge on any atom is -0.367 e. The fourth-order valence-corrected chi connectivity index (χ4v) is 3.12. The molecular weight excluding hydrogens is 327 g/mol. The average molecular weight is 342 g/mol. The molecule has 1 fully saturated rings. The van der Waals surface area contributed by atoms with E-state index in [4.69, 9.17) is 0 Å². The number of hydrogen-bond donors (Lipinski definition) is 1. The van der Waals surface area contributed by atoms with Gasteiger partial charge in [0.2, 0.25) is 0 Å². The highest BCUT2D eigenvalue weighted by atomic mass is 32.2. The first-order valence-corrected chi connectivity index (χ1v) is 8.17. The summed E-state index contributed by atoms with van der Waals surface area (Å²) in [6, 6.07) is 13.4. The van der Waals surface area contributed by atoms with E-state index in [1.54, 1.807) is 18.2 Å². The Morgan fingerprint density at radius 1 is 1.12 bits per heavy atom. The molecule has 0 spiro atoms. The molecule has 122 valence electrons. The molecule has 1 saturated heterocycles. The van der Waals surface area contributed by atoms with E-state index in [2.05, 4.69) is 5.32 Å². The summed E-state index contributed by atoms with van der Waals surface area (Å²) in [6.45, 7) is 2.06. The zero-order valence-corrected chi connectivity index (χ0v) is 13.8. The molecule has 2 amide bonds. The Morgan fingerprint density at radius 3 is 2.54 bits per heavy atom. The fraction of sp³-hybridized carbons (Fsp3) is 0.111. The summed E-state index contributed by atoms with van der Waals surface area (Å²) < 4.78 is 12.9. The van der Waals surface area contributed by atoms with Crippen molar-refractivity contribution < 1.29 is 14.0 Å². The van der Waals surface area contributed by atoms with E-state index in [0.29, 0.717) is 10.5 Å². The summed E-state index contributed by atoms with van der Waals surface area (Å²) >= 11 is 0.885. The Kier molecular flexibility index (Phi) is 4.66. The molecule has 0 bridgehead atoms. The van der Waals surface area contributed by atoms with Gasteiger partial charge in [-0.15, -0.1) is 0 Å². The van der Waals surface area contributed by atoms with Crippen molar-refractivity contribution in [3.8, 4) is 0 Å². The number of rotatable bonds is 4. The molecule has 0 unspecified atom stereocenters. The van der Waals surface area contributed by atoms with E-state index in [0.717, 1.165) is 27.9 Å². The minimum atomic E-state index is -0.351. The normalized spacial score (nSPS) is 16.1. The summed E-state index contributed by atoms with van der Waals surface area (Å²) in [5, 5.41) is 2.78. The van der Waals surface area contributed by atoms with Crippen LogP contribution in [0.5, 0.6) is 0 Å². The predicted octanol–water partition coefficient (Wildman–Crippen LogP) is 4.24. The van der Waals surface area contributed by atoms with E-state index < -0.39 is 0 Å². The van der Waals surface area contributed by atoms with Gasteiger partial charge in [0, 0.05) is 5.69 Å². The van der Waals surface area contributed by atoms with Crippen LogP contribution in [0.15, 0.2) is 53.4 Å². The molecule has 0 saturated carbocycles. The number of hydrogen-bond acceptors (Lipinski definition) is 4. The second kappa shape index (κ2) is 6.88. The largest absolute Gasteiger partial charge is 0.367 e. The molecule has 4 nitrogen and oxygen atoms in total. The number of imide groups is 1. The van der Waals surface area contributed by atoms with Crippen LogP contribution in [-0.2, 0) is 4.79 Å². The summed E-state index contributed by atoms with van der Waals surface area (Å²) in [5.74, 6) is -0.696. The maximum absolute atomic E-state index is 12.9. The van der Waals surface area contributed by atoms with Crippen molar-refractivity contribution in [1.82, 2.24) is 4.90 Å². The molecule has 24 heavy (non-hydrogen) atoms. The van der Waals surface area contributed by atoms with Crippen molar-refractivity contribution in [2.45, 2.75) is 6.92 Å². The standard InChI is InChI=1S/C18H15FN2O2S/c1-12-4-2-3-5-15(12)20-11-21-17(22)16(24-18(21)23)10-13-6-8-14(19)9-7-13/h2-10,20H,11H2,1H3/b16-10-. The Hall–Kier alpha value is -2.60. The smallest absolute Gasteiger partial charge is 0.295 e. The van der Waals surface area contributed by atoms with Crippen molar-refractivity contribution in [1.29, 1.82) is 0 Å². The summed E-state index contributed by atoms with van der Waals surface area (Å²) in [4.78, 5) is 26.0. The Labute approximate surface area is 143 Å². The summed E-state index contributed by atoms with van der Waals surface area (Å²) in [7, 11) is 0. The lowest BCUT2D eigenvalue weighted by molar-refractivity contribution is -0.122. The highest BCUT2D eigenvalue weighted by molar-refractivity contribution is 8.18. The number of carbonyl (C=O) groups is 2.